The molecule has 4 nitrogen and oxygen atoms in total. The van der Waals surface area contributed by atoms with Crippen LogP contribution in [0.2, 0.25) is 0 Å². The maximum Gasteiger partial charge on any atom is 0.245 e. The molecule has 0 radical (unpaired) electrons. The average Bonchev–Trinajstić information content (AvgIpc) is 2.69. The lowest BCUT2D eigenvalue weighted by atomic mass is 10.1. The highest BCUT2D eigenvalue weighted by Gasteiger charge is 2.40. The van der Waals surface area contributed by atoms with Crippen LogP contribution < -0.4 is 5.32 Å². The Balaban J connectivity index is 2.18. The van der Waals surface area contributed by atoms with Gasteiger partial charge in [0.15, 0.2) is 0 Å². The third-order valence-corrected chi connectivity index (χ3v) is 4.22. The van der Waals surface area contributed by atoms with Crippen molar-refractivity contribution in [3.05, 3.63) is 0 Å². The lowest BCUT2D eigenvalue weighted by molar-refractivity contribution is -0.150. The van der Waals surface area contributed by atoms with Gasteiger partial charge >= 0.3 is 0 Å². The van der Waals surface area contributed by atoms with Crippen LogP contribution in [0.5, 0.6) is 0 Å². The second-order valence-corrected chi connectivity index (χ2v) is 5.32. The van der Waals surface area contributed by atoms with Crippen LogP contribution in [-0.2, 0) is 9.59 Å². The van der Waals surface area contributed by atoms with Gasteiger partial charge in [0.05, 0.1) is 0 Å². The van der Waals surface area contributed by atoms with Gasteiger partial charge in [0, 0.05) is 11.8 Å². The van der Waals surface area contributed by atoms with Crippen molar-refractivity contribution in [3.63, 3.8) is 0 Å². The monoisotopic (exact) mass is 228 g/mol. The Bertz CT molecular complexity index is 289. The first kappa shape index (κ1) is 10.8. The Hall–Kier alpha value is -0.710. The highest BCUT2D eigenvalue weighted by atomic mass is 32.2. The molecule has 0 aromatic carbocycles. The molecule has 1 N–H and O–H groups in total. The lowest BCUT2D eigenvalue weighted by Gasteiger charge is -2.39. The summed E-state index contributed by atoms with van der Waals surface area (Å²) in [5.41, 5.74) is 0. The average molecular weight is 228 g/mol. The van der Waals surface area contributed by atoms with Gasteiger partial charge in [-0.15, -0.1) is 0 Å². The van der Waals surface area contributed by atoms with Gasteiger partial charge in [0.1, 0.15) is 12.1 Å². The Morgan fingerprint density at radius 2 is 2.13 bits per heavy atom. The fourth-order valence-corrected chi connectivity index (χ4v) is 3.38. The van der Waals surface area contributed by atoms with Crippen molar-refractivity contribution < 1.29 is 9.59 Å². The molecule has 2 rings (SSSR count). The van der Waals surface area contributed by atoms with Gasteiger partial charge in [-0.05, 0) is 26.0 Å². The summed E-state index contributed by atoms with van der Waals surface area (Å²) in [7, 11) is 0. The summed E-state index contributed by atoms with van der Waals surface area (Å²) in [6.07, 6.45) is 1.01. The van der Waals surface area contributed by atoms with Crippen LogP contribution in [0.25, 0.3) is 0 Å². The molecule has 2 saturated heterocycles. The third kappa shape index (κ3) is 1.85. The summed E-state index contributed by atoms with van der Waals surface area (Å²) in [6, 6.07) is -0.414. The van der Waals surface area contributed by atoms with E-state index in [-0.39, 0.29) is 29.9 Å². The molecule has 0 aliphatic carbocycles. The van der Waals surface area contributed by atoms with Crippen molar-refractivity contribution in [3.8, 4) is 0 Å². The molecule has 0 spiro atoms. The molecule has 3 atom stereocenters. The quantitative estimate of drug-likeness (QED) is 0.699. The van der Waals surface area contributed by atoms with E-state index in [0.29, 0.717) is 0 Å². The van der Waals surface area contributed by atoms with Crippen LogP contribution in [0, 0.1) is 0 Å². The van der Waals surface area contributed by atoms with Gasteiger partial charge in [-0.3, -0.25) is 9.59 Å². The molecule has 2 fully saturated rings. The first-order valence-electron chi connectivity index (χ1n) is 5.31. The molecular formula is C10H16N2O2S. The Morgan fingerprint density at radius 1 is 1.40 bits per heavy atom. The highest BCUT2D eigenvalue weighted by Crippen LogP contribution is 2.26. The van der Waals surface area contributed by atoms with E-state index >= 15 is 0 Å². The fourth-order valence-electron chi connectivity index (χ4n) is 2.17. The van der Waals surface area contributed by atoms with Crippen LogP contribution >= 0.6 is 11.8 Å². The fraction of sp³-hybridized carbons (Fsp3) is 0.800. The molecule has 15 heavy (non-hydrogen) atoms. The number of rotatable bonds is 1. The molecular weight excluding hydrogens is 212 g/mol. The topological polar surface area (TPSA) is 49.4 Å². The Kier molecular flexibility index (Phi) is 2.91. The first-order chi connectivity index (χ1) is 7.11. The molecule has 2 aliphatic rings. The van der Waals surface area contributed by atoms with Gasteiger partial charge in [0.2, 0.25) is 11.8 Å². The van der Waals surface area contributed by atoms with E-state index < -0.39 is 0 Å². The third-order valence-electron chi connectivity index (χ3n) is 3.08. The van der Waals surface area contributed by atoms with E-state index in [1.807, 2.05) is 18.7 Å². The molecule has 0 saturated carbocycles. The van der Waals surface area contributed by atoms with Gasteiger partial charge in [-0.25, -0.2) is 0 Å². The summed E-state index contributed by atoms with van der Waals surface area (Å²) in [5.74, 6) is 2.10. The van der Waals surface area contributed by atoms with Crippen molar-refractivity contribution in [2.75, 3.05) is 11.5 Å². The molecule has 0 aromatic rings. The summed E-state index contributed by atoms with van der Waals surface area (Å²) in [4.78, 5) is 25.4. The predicted octanol–water partition coefficient (Wildman–Crippen LogP) is 0.227. The van der Waals surface area contributed by atoms with Crippen LogP contribution in [-0.4, -0.2) is 46.3 Å². The standard InChI is InChI=1S/C10H16N2O2S/c1-6-10(14)12(7(2)9(13)11-6)8-3-4-15-5-8/h6-8H,3-5H2,1-2H3,(H,11,13). The van der Waals surface area contributed by atoms with E-state index in [0.717, 1.165) is 17.9 Å². The van der Waals surface area contributed by atoms with Crippen molar-refractivity contribution >= 4 is 23.6 Å². The van der Waals surface area contributed by atoms with E-state index in [1.165, 1.54) is 0 Å². The van der Waals surface area contributed by atoms with Crippen LogP contribution in [0.1, 0.15) is 20.3 Å². The van der Waals surface area contributed by atoms with Gasteiger partial charge in [-0.1, -0.05) is 0 Å². The smallest absolute Gasteiger partial charge is 0.245 e. The zero-order valence-electron chi connectivity index (χ0n) is 9.03. The van der Waals surface area contributed by atoms with E-state index in [2.05, 4.69) is 5.32 Å². The van der Waals surface area contributed by atoms with Crippen molar-refractivity contribution in [2.45, 2.75) is 38.4 Å². The normalized spacial score (nSPS) is 36.9. The number of thioether (sulfide) groups is 1. The summed E-state index contributed by atoms with van der Waals surface area (Å²) >= 11 is 1.86. The number of nitrogens with zero attached hydrogens (tertiary/aromatic N) is 1. The van der Waals surface area contributed by atoms with Crippen LogP contribution in [0.15, 0.2) is 0 Å². The zero-order chi connectivity index (χ0) is 11.0. The largest absolute Gasteiger partial charge is 0.343 e. The van der Waals surface area contributed by atoms with Gasteiger partial charge in [0.25, 0.3) is 0 Å². The van der Waals surface area contributed by atoms with Crippen LogP contribution in [0.3, 0.4) is 0 Å². The van der Waals surface area contributed by atoms with Crippen molar-refractivity contribution in [2.24, 2.45) is 0 Å². The number of carbonyl (C=O) groups excluding carboxylic acids is 2. The van der Waals surface area contributed by atoms with Gasteiger partial charge in [-0.2, -0.15) is 11.8 Å². The number of piperazine rings is 1. The minimum absolute atomic E-state index is 0.0287. The predicted molar refractivity (Wildman–Crippen MR) is 59.6 cm³/mol. The van der Waals surface area contributed by atoms with Crippen molar-refractivity contribution in [1.82, 2.24) is 10.2 Å². The second-order valence-electron chi connectivity index (χ2n) is 4.17. The van der Waals surface area contributed by atoms with E-state index in [1.54, 1.807) is 11.8 Å². The molecule has 2 heterocycles. The van der Waals surface area contributed by atoms with E-state index in [4.69, 9.17) is 0 Å². The molecule has 5 heteroatoms. The molecule has 0 aromatic heterocycles. The minimum Gasteiger partial charge on any atom is -0.343 e. The van der Waals surface area contributed by atoms with Gasteiger partial charge < -0.3 is 10.2 Å². The maximum absolute atomic E-state index is 12.0. The number of hydrogen-bond donors (Lipinski definition) is 1. The van der Waals surface area contributed by atoms with Crippen LogP contribution in [0.4, 0.5) is 0 Å². The second kappa shape index (κ2) is 4.04. The molecule has 2 amide bonds. The summed E-state index contributed by atoms with van der Waals surface area (Å²) < 4.78 is 0. The van der Waals surface area contributed by atoms with Crippen molar-refractivity contribution in [1.29, 1.82) is 0 Å². The first-order valence-corrected chi connectivity index (χ1v) is 6.47. The molecule has 2 aliphatic heterocycles. The number of hydrogen-bond acceptors (Lipinski definition) is 3. The molecule has 3 unspecified atom stereocenters. The summed E-state index contributed by atoms with van der Waals surface area (Å²) in [5, 5.41) is 2.70. The lowest BCUT2D eigenvalue weighted by Crippen LogP contribution is -2.64. The molecule has 84 valence electrons. The highest BCUT2D eigenvalue weighted by molar-refractivity contribution is 7.99. The van der Waals surface area contributed by atoms with E-state index in [9.17, 15) is 9.59 Å². The molecule has 0 bridgehead atoms. The number of carbonyl (C=O) groups is 2. The maximum atomic E-state index is 12.0. The minimum atomic E-state index is -0.362. The number of nitrogens with one attached hydrogen (secondary N) is 1. The summed E-state index contributed by atoms with van der Waals surface area (Å²) in [6.45, 7) is 3.56. The number of amides is 2. The SMILES string of the molecule is CC1NC(=O)C(C)N(C2CCSC2)C1=O. The Labute approximate surface area is 93.8 Å². The zero-order valence-corrected chi connectivity index (χ0v) is 9.84. The Morgan fingerprint density at radius 3 is 2.73 bits per heavy atom.